The molecular formula is C10H6BrNO3S. The summed E-state index contributed by atoms with van der Waals surface area (Å²) in [6.07, 6.45) is 2.12. The van der Waals surface area contributed by atoms with Crippen LogP contribution in [0.3, 0.4) is 0 Å². The Labute approximate surface area is 104 Å². The molecule has 0 amide bonds. The van der Waals surface area contributed by atoms with E-state index in [1.165, 1.54) is 12.3 Å². The number of ether oxygens (including phenoxy) is 1. The monoisotopic (exact) mass is 299 g/mol. The molecule has 0 atom stereocenters. The maximum absolute atomic E-state index is 10.5. The van der Waals surface area contributed by atoms with E-state index in [1.807, 2.05) is 0 Å². The highest BCUT2D eigenvalue weighted by atomic mass is 79.9. The Kier molecular flexibility index (Phi) is 3.21. The molecule has 0 bridgehead atoms. The lowest BCUT2D eigenvalue weighted by Gasteiger charge is -2.05. The van der Waals surface area contributed by atoms with Crippen molar-refractivity contribution in [2.45, 2.75) is 0 Å². The Morgan fingerprint density at radius 3 is 2.94 bits per heavy atom. The van der Waals surface area contributed by atoms with Crippen molar-refractivity contribution in [1.82, 2.24) is 4.98 Å². The Morgan fingerprint density at radius 1 is 1.50 bits per heavy atom. The summed E-state index contributed by atoms with van der Waals surface area (Å²) in [4.78, 5) is 14.8. The van der Waals surface area contributed by atoms with Gasteiger partial charge in [-0.1, -0.05) is 17.4 Å². The molecule has 1 heterocycles. The van der Waals surface area contributed by atoms with Gasteiger partial charge in [0, 0.05) is 0 Å². The summed E-state index contributed by atoms with van der Waals surface area (Å²) >= 11 is 4.36. The molecule has 0 aliphatic rings. The average Bonchev–Trinajstić information content (AvgIpc) is 2.71. The van der Waals surface area contributed by atoms with Gasteiger partial charge in [-0.3, -0.25) is 4.79 Å². The van der Waals surface area contributed by atoms with Gasteiger partial charge in [0.05, 0.1) is 15.5 Å². The van der Waals surface area contributed by atoms with Crippen LogP contribution in [0.5, 0.6) is 16.7 Å². The predicted molar refractivity (Wildman–Crippen MR) is 63.4 cm³/mol. The number of aromatic nitrogens is 1. The van der Waals surface area contributed by atoms with E-state index in [0.717, 1.165) is 11.3 Å². The number of aromatic hydroxyl groups is 1. The first-order chi connectivity index (χ1) is 7.70. The minimum Gasteiger partial charge on any atom is -0.504 e. The summed E-state index contributed by atoms with van der Waals surface area (Å²) < 4.78 is 5.99. The van der Waals surface area contributed by atoms with E-state index < -0.39 is 0 Å². The molecule has 4 nitrogen and oxygen atoms in total. The molecule has 0 radical (unpaired) electrons. The Hall–Kier alpha value is -1.40. The number of benzene rings is 1. The Bertz CT molecular complexity index is 506. The topological polar surface area (TPSA) is 59.4 Å². The maximum atomic E-state index is 10.5. The zero-order valence-corrected chi connectivity index (χ0v) is 10.3. The quantitative estimate of drug-likeness (QED) is 0.884. The van der Waals surface area contributed by atoms with Gasteiger partial charge in [-0.25, -0.2) is 4.98 Å². The van der Waals surface area contributed by atoms with Gasteiger partial charge in [-0.15, -0.1) is 0 Å². The van der Waals surface area contributed by atoms with E-state index in [4.69, 9.17) is 4.74 Å². The lowest BCUT2D eigenvalue weighted by Crippen LogP contribution is -1.84. The number of hydrogen-bond acceptors (Lipinski definition) is 5. The molecule has 0 unspecified atom stereocenters. The minimum atomic E-state index is 0.0113. The van der Waals surface area contributed by atoms with Crippen LogP contribution in [-0.2, 0) is 0 Å². The van der Waals surface area contributed by atoms with E-state index in [0.29, 0.717) is 20.8 Å². The minimum absolute atomic E-state index is 0.0113. The summed E-state index contributed by atoms with van der Waals surface area (Å²) in [5.74, 6) is 0.298. The summed E-state index contributed by atoms with van der Waals surface area (Å²) in [7, 11) is 0. The third kappa shape index (κ3) is 2.23. The van der Waals surface area contributed by atoms with Gasteiger partial charge in [0.1, 0.15) is 0 Å². The van der Waals surface area contributed by atoms with Gasteiger partial charge < -0.3 is 9.84 Å². The third-order valence-corrected chi connectivity index (χ3v) is 3.18. The number of thiazole rings is 1. The van der Waals surface area contributed by atoms with Gasteiger partial charge >= 0.3 is 0 Å². The molecule has 0 fully saturated rings. The third-order valence-electron chi connectivity index (χ3n) is 1.75. The van der Waals surface area contributed by atoms with Crippen molar-refractivity contribution < 1.29 is 14.6 Å². The molecule has 1 aromatic heterocycles. The van der Waals surface area contributed by atoms with E-state index >= 15 is 0 Å². The molecule has 1 N–H and O–H groups in total. The Morgan fingerprint density at radius 2 is 2.31 bits per heavy atom. The molecule has 82 valence electrons. The zero-order chi connectivity index (χ0) is 11.5. The predicted octanol–water partition coefficient (Wildman–Crippen LogP) is 3.22. The second-order valence-corrected chi connectivity index (χ2v) is 4.72. The highest BCUT2D eigenvalue weighted by Gasteiger charge is 2.10. The largest absolute Gasteiger partial charge is 0.504 e. The molecule has 16 heavy (non-hydrogen) atoms. The van der Waals surface area contributed by atoms with Crippen LogP contribution in [0.15, 0.2) is 28.9 Å². The van der Waals surface area contributed by atoms with Crippen molar-refractivity contribution in [3.05, 3.63) is 33.7 Å². The first-order valence-electron chi connectivity index (χ1n) is 4.27. The number of rotatable bonds is 3. The molecule has 0 aliphatic heterocycles. The van der Waals surface area contributed by atoms with Gasteiger partial charge in [0.2, 0.25) is 0 Å². The van der Waals surface area contributed by atoms with Crippen LogP contribution in [-0.4, -0.2) is 16.4 Å². The van der Waals surface area contributed by atoms with Gasteiger partial charge in [0.25, 0.3) is 5.19 Å². The zero-order valence-electron chi connectivity index (χ0n) is 7.88. The number of hydrogen-bond donors (Lipinski definition) is 1. The fraction of sp³-hybridized carbons (Fsp3) is 0. The van der Waals surface area contributed by atoms with Crippen molar-refractivity contribution in [2.24, 2.45) is 0 Å². The van der Waals surface area contributed by atoms with Crippen molar-refractivity contribution in [2.75, 3.05) is 0 Å². The number of halogens is 1. The van der Waals surface area contributed by atoms with E-state index in [-0.39, 0.29) is 11.5 Å². The second kappa shape index (κ2) is 4.63. The van der Waals surface area contributed by atoms with E-state index in [1.54, 1.807) is 12.1 Å². The fourth-order valence-corrected chi connectivity index (χ4v) is 2.08. The van der Waals surface area contributed by atoms with Crippen LogP contribution in [0, 0.1) is 0 Å². The molecule has 0 saturated carbocycles. The summed E-state index contributed by atoms with van der Waals surface area (Å²) in [6.45, 7) is 0. The standard InChI is InChI=1S/C10H6BrNO3S/c11-7-2-1-3-8(14)9(7)15-10-12-4-6(5-13)16-10/h1-5,14H. The van der Waals surface area contributed by atoms with Crippen molar-refractivity contribution in [1.29, 1.82) is 0 Å². The smallest absolute Gasteiger partial charge is 0.279 e. The highest BCUT2D eigenvalue weighted by molar-refractivity contribution is 9.10. The molecule has 1 aromatic carbocycles. The SMILES string of the molecule is O=Cc1cnc(Oc2c(O)cccc2Br)s1. The number of para-hydroxylation sites is 1. The second-order valence-electron chi connectivity index (χ2n) is 2.84. The maximum Gasteiger partial charge on any atom is 0.279 e. The number of carbonyl (C=O) groups excluding carboxylic acids is 1. The van der Waals surface area contributed by atoms with E-state index in [9.17, 15) is 9.90 Å². The summed E-state index contributed by atoms with van der Waals surface area (Å²) in [5, 5.41) is 9.88. The van der Waals surface area contributed by atoms with Gasteiger partial charge in [-0.05, 0) is 28.1 Å². The molecule has 0 spiro atoms. The first-order valence-corrected chi connectivity index (χ1v) is 5.88. The summed E-state index contributed by atoms with van der Waals surface area (Å²) in [5.41, 5.74) is 0. The van der Waals surface area contributed by atoms with Crippen molar-refractivity contribution >= 4 is 33.6 Å². The first kappa shape index (κ1) is 11.1. The Balaban J connectivity index is 2.29. The lowest BCUT2D eigenvalue weighted by molar-refractivity contribution is 0.112. The number of aldehydes is 1. The van der Waals surface area contributed by atoms with Gasteiger partial charge in [-0.2, -0.15) is 0 Å². The van der Waals surface area contributed by atoms with Crippen LogP contribution >= 0.6 is 27.3 Å². The molecule has 6 heteroatoms. The number of nitrogens with zero attached hydrogens (tertiary/aromatic N) is 1. The van der Waals surface area contributed by atoms with Crippen molar-refractivity contribution in [3.63, 3.8) is 0 Å². The number of phenolic OH excluding ortho intramolecular Hbond substituents is 1. The van der Waals surface area contributed by atoms with E-state index in [2.05, 4.69) is 20.9 Å². The van der Waals surface area contributed by atoms with Crippen LogP contribution in [0.1, 0.15) is 9.67 Å². The van der Waals surface area contributed by atoms with Crippen LogP contribution in [0.25, 0.3) is 0 Å². The molecule has 2 rings (SSSR count). The molecular weight excluding hydrogens is 294 g/mol. The van der Waals surface area contributed by atoms with Gasteiger partial charge in [0.15, 0.2) is 17.8 Å². The highest BCUT2D eigenvalue weighted by Crippen LogP contribution is 2.38. The molecule has 0 aliphatic carbocycles. The number of phenols is 1. The number of carbonyl (C=O) groups is 1. The molecule has 2 aromatic rings. The summed E-state index contributed by atoms with van der Waals surface area (Å²) in [6, 6.07) is 4.93. The van der Waals surface area contributed by atoms with Crippen molar-refractivity contribution in [3.8, 4) is 16.7 Å². The molecule has 0 saturated heterocycles. The average molecular weight is 300 g/mol. The normalized spacial score (nSPS) is 10.1. The van der Waals surface area contributed by atoms with Crippen LogP contribution < -0.4 is 4.74 Å². The lowest BCUT2D eigenvalue weighted by atomic mass is 10.3. The fourth-order valence-electron chi connectivity index (χ4n) is 1.06. The van der Waals surface area contributed by atoms with Crippen LogP contribution in [0.2, 0.25) is 0 Å². The van der Waals surface area contributed by atoms with Crippen LogP contribution in [0.4, 0.5) is 0 Å².